The van der Waals surface area contributed by atoms with Crippen LogP contribution >= 0.6 is 12.6 Å². The molecule has 0 bridgehead atoms. The summed E-state index contributed by atoms with van der Waals surface area (Å²) in [6.07, 6.45) is 0. The molecule has 3 nitrogen and oxygen atoms in total. The molecule has 0 heterocycles. The van der Waals surface area contributed by atoms with Crippen LogP contribution < -0.4 is 4.90 Å². The molecule has 20 heavy (non-hydrogen) atoms. The lowest BCUT2D eigenvalue weighted by atomic mass is 10.1. The van der Waals surface area contributed by atoms with Crippen LogP contribution in [0.5, 0.6) is 0 Å². The van der Waals surface area contributed by atoms with E-state index in [0.717, 1.165) is 0 Å². The molecule has 0 aliphatic carbocycles. The number of halogens is 1. The second kappa shape index (κ2) is 5.76. The quantitative estimate of drug-likeness (QED) is 0.861. The van der Waals surface area contributed by atoms with Crippen LogP contribution in [-0.2, 0) is 0 Å². The molecule has 5 heteroatoms. The molecule has 0 unspecified atom stereocenters. The van der Waals surface area contributed by atoms with Crippen LogP contribution in [0, 0.1) is 17.1 Å². The summed E-state index contributed by atoms with van der Waals surface area (Å²) in [5.41, 5.74) is 0.908. The van der Waals surface area contributed by atoms with Crippen LogP contribution in [0.3, 0.4) is 0 Å². The van der Waals surface area contributed by atoms with E-state index in [1.54, 1.807) is 24.3 Å². The van der Waals surface area contributed by atoms with Gasteiger partial charge >= 0.3 is 0 Å². The smallest absolute Gasteiger partial charge is 0.261 e. The highest BCUT2D eigenvalue weighted by Gasteiger charge is 2.18. The SMILES string of the molecule is CN(C(=O)c1cc(S)ccc1F)c1cccc(C#N)c1. The van der Waals surface area contributed by atoms with Gasteiger partial charge in [0.1, 0.15) is 5.82 Å². The predicted molar refractivity (Wildman–Crippen MR) is 77.5 cm³/mol. The van der Waals surface area contributed by atoms with Gasteiger partial charge in [0, 0.05) is 17.6 Å². The summed E-state index contributed by atoms with van der Waals surface area (Å²) in [5.74, 6) is -1.09. The molecule has 0 aromatic heterocycles. The van der Waals surface area contributed by atoms with Gasteiger partial charge in [0.05, 0.1) is 17.2 Å². The Hall–Kier alpha value is -2.32. The van der Waals surface area contributed by atoms with Gasteiger partial charge in [-0.1, -0.05) is 6.07 Å². The average Bonchev–Trinajstić information content (AvgIpc) is 2.48. The molecule has 0 aliphatic heterocycles. The van der Waals surface area contributed by atoms with E-state index in [4.69, 9.17) is 5.26 Å². The minimum atomic E-state index is -0.601. The number of amides is 1. The standard InChI is InChI=1S/C15H11FN2OS/c1-18(11-4-2-3-10(7-11)9-17)15(19)13-8-12(20)5-6-14(13)16/h2-8,20H,1H3. The first-order chi connectivity index (χ1) is 9.52. The van der Waals surface area contributed by atoms with E-state index in [2.05, 4.69) is 12.6 Å². The van der Waals surface area contributed by atoms with Gasteiger partial charge in [0.25, 0.3) is 5.91 Å². The van der Waals surface area contributed by atoms with Crippen molar-refractivity contribution < 1.29 is 9.18 Å². The predicted octanol–water partition coefficient (Wildman–Crippen LogP) is 3.26. The minimum absolute atomic E-state index is 0.0534. The van der Waals surface area contributed by atoms with Crippen molar-refractivity contribution in [1.82, 2.24) is 0 Å². The fraction of sp³-hybridized carbons (Fsp3) is 0.0667. The van der Waals surface area contributed by atoms with Crippen molar-refractivity contribution in [3.63, 3.8) is 0 Å². The van der Waals surface area contributed by atoms with Crippen LogP contribution in [0.2, 0.25) is 0 Å². The number of carbonyl (C=O) groups is 1. The second-order valence-electron chi connectivity index (χ2n) is 4.19. The van der Waals surface area contributed by atoms with Crippen LogP contribution in [0.1, 0.15) is 15.9 Å². The first-order valence-corrected chi connectivity index (χ1v) is 6.24. The molecule has 0 aliphatic rings. The molecule has 0 atom stereocenters. The van der Waals surface area contributed by atoms with Crippen molar-refractivity contribution in [3.05, 3.63) is 59.4 Å². The maximum Gasteiger partial charge on any atom is 0.261 e. The third-order valence-corrected chi connectivity index (χ3v) is 3.13. The maximum absolute atomic E-state index is 13.7. The van der Waals surface area contributed by atoms with Gasteiger partial charge < -0.3 is 4.90 Å². The number of benzene rings is 2. The average molecular weight is 286 g/mol. The van der Waals surface area contributed by atoms with Crippen LogP contribution in [0.4, 0.5) is 10.1 Å². The van der Waals surface area contributed by atoms with Crippen molar-refractivity contribution >= 4 is 24.2 Å². The number of thiol groups is 1. The Kier molecular flexibility index (Phi) is 4.06. The lowest BCUT2D eigenvalue weighted by Gasteiger charge is -2.18. The van der Waals surface area contributed by atoms with E-state index in [0.29, 0.717) is 16.1 Å². The molecular weight excluding hydrogens is 275 g/mol. The summed E-state index contributed by atoms with van der Waals surface area (Å²) in [7, 11) is 1.53. The van der Waals surface area contributed by atoms with Crippen LogP contribution in [0.15, 0.2) is 47.4 Å². The Morgan fingerprint density at radius 1 is 1.30 bits per heavy atom. The third-order valence-electron chi connectivity index (χ3n) is 2.85. The first kappa shape index (κ1) is 14.1. The molecule has 0 radical (unpaired) electrons. The first-order valence-electron chi connectivity index (χ1n) is 5.79. The molecule has 2 rings (SSSR count). The van der Waals surface area contributed by atoms with E-state index in [9.17, 15) is 9.18 Å². The second-order valence-corrected chi connectivity index (χ2v) is 4.71. The van der Waals surface area contributed by atoms with E-state index in [-0.39, 0.29) is 5.56 Å². The Labute approximate surface area is 121 Å². The Morgan fingerprint density at radius 2 is 2.05 bits per heavy atom. The molecule has 100 valence electrons. The molecule has 1 amide bonds. The third kappa shape index (κ3) is 2.81. The minimum Gasteiger partial charge on any atom is -0.311 e. The van der Waals surface area contributed by atoms with Crippen molar-refractivity contribution in [2.45, 2.75) is 4.90 Å². The van der Waals surface area contributed by atoms with Gasteiger partial charge in [-0.25, -0.2) is 4.39 Å². The Bertz CT molecular complexity index is 709. The highest BCUT2D eigenvalue weighted by atomic mass is 32.1. The summed E-state index contributed by atoms with van der Waals surface area (Å²) < 4.78 is 13.7. The summed E-state index contributed by atoms with van der Waals surface area (Å²) in [4.78, 5) is 14.1. The summed E-state index contributed by atoms with van der Waals surface area (Å²) >= 11 is 4.10. The number of hydrogen-bond acceptors (Lipinski definition) is 3. The topological polar surface area (TPSA) is 44.1 Å². The molecule has 2 aromatic rings. The van der Waals surface area contributed by atoms with Crippen molar-refractivity contribution in [2.75, 3.05) is 11.9 Å². The number of nitrogens with zero attached hydrogens (tertiary/aromatic N) is 2. The van der Waals surface area contributed by atoms with Gasteiger partial charge in [-0.05, 0) is 36.4 Å². The molecule has 0 spiro atoms. The van der Waals surface area contributed by atoms with E-state index in [1.165, 1.54) is 30.1 Å². The van der Waals surface area contributed by atoms with Crippen molar-refractivity contribution in [2.24, 2.45) is 0 Å². The monoisotopic (exact) mass is 286 g/mol. The molecule has 0 N–H and O–H groups in total. The zero-order valence-electron chi connectivity index (χ0n) is 10.7. The van der Waals surface area contributed by atoms with E-state index >= 15 is 0 Å². The van der Waals surface area contributed by atoms with Gasteiger partial charge in [-0.2, -0.15) is 5.26 Å². The maximum atomic E-state index is 13.7. The number of anilines is 1. The molecule has 2 aromatic carbocycles. The highest BCUT2D eigenvalue weighted by molar-refractivity contribution is 7.80. The largest absolute Gasteiger partial charge is 0.311 e. The summed E-state index contributed by atoms with van der Waals surface area (Å²) in [6.45, 7) is 0. The fourth-order valence-electron chi connectivity index (χ4n) is 1.76. The number of hydrogen-bond donors (Lipinski definition) is 1. The summed E-state index contributed by atoms with van der Waals surface area (Å²) in [6, 6.07) is 12.6. The van der Waals surface area contributed by atoms with E-state index in [1.807, 2.05) is 6.07 Å². The van der Waals surface area contributed by atoms with Gasteiger partial charge in [0.2, 0.25) is 0 Å². The van der Waals surface area contributed by atoms with Gasteiger partial charge in [0.15, 0.2) is 0 Å². The Morgan fingerprint density at radius 3 is 2.75 bits per heavy atom. The molecule has 0 saturated carbocycles. The highest BCUT2D eigenvalue weighted by Crippen LogP contribution is 2.20. The summed E-state index contributed by atoms with van der Waals surface area (Å²) in [5, 5.41) is 8.86. The van der Waals surface area contributed by atoms with Crippen molar-refractivity contribution in [1.29, 1.82) is 5.26 Å². The normalized spacial score (nSPS) is 9.90. The van der Waals surface area contributed by atoms with E-state index < -0.39 is 11.7 Å². The van der Waals surface area contributed by atoms with Gasteiger partial charge in [-0.3, -0.25) is 4.79 Å². The van der Waals surface area contributed by atoms with Crippen LogP contribution in [0.25, 0.3) is 0 Å². The fourth-order valence-corrected chi connectivity index (χ4v) is 1.96. The van der Waals surface area contributed by atoms with Crippen molar-refractivity contribution in [3.8, 4) is 6.07 Å². The zero-order valence-corrected chi connectivity index (χ0v) is 11.6. The molecular formula is C15H11FN2OS. The Balaban J connectivity index is 2.37. The molecule has 0 saturated heterocycles. The number of rotatable bonds is 2. The number of nitriles is 1. The molecule has 0 fully saturated rings. The van der Waals surface area contributed by atoms with Crippen LogP contribution in [-0.4, -0.2) is 13.0 Å². The van der Waals surface area contributed by atoms with Gasteiger partial charge in [-0.15, -0.1) is 12.6 Å². The number of carbonyl (C=O) groups excluding carboxylic acids is 1. The zero-order chi connectivity index (χ0) is 14.7. The lowest BCUT2D eigenvalue weighted by Crippen LogP contribution is -2.27. The lowest BCUT2D eigenvalue weighted by molar-refractivity contribution is 0.0989.